The maximum atomic E-state index is 14.2. The molecule has 1 atom stereocenters. The van der Waals surface area contributed by atoms with Gasteiger partial charge in [-0.1, -0.05) is 30.1 Å². The van der Waals surface area contributed by atoms with Gasteiger partial charge in [0.25, 0.3) is 5.91 Å². The van der Waals surface area contributed by atoms with Crippen molar-refractivity contribution in [1.82, 2.24) is 10.1 Å². The Morgan fingerprint density at radius 2 is 1.93 bits per heavy atom. The van der Waals surface area contributed by atoms with Crippen molar-refractivity contribution in [2.45, 2.75) is 31.7 Å². The average Bonchev–Trinajstić information content (AvgIpc) is 3.11. The van der Waals surface area contributed by atoms with E-state index in [1.165, 1.54) is 12.1 Å². The SMILES string of the molecule is COc1ccc(-c2cc(C3CCCCCN3C(=O)c3ccccc3F)on2)cc1. The van der Waals surface area contributed by atoms with Gasteiger partial charge in [0.15, 0.2) is 5.76 Å². The molecule has 29 heavy (non-hydrogen) atoms. The summed E-state index contributed by atoms with van der Waals surface area (Å²) in [5.41, 5.74) is 1.70. The zero-order valence-electron chi connectivity index (χ0n) is 16.3. The second-order valence-electron chi connectivity index (χ2n) is 7.19. The number of halogens is 1. The van der Waals surface area contributed by atoms with Crippen LogP contribution in [0.25, 0.3) is 11.3 Å². The van der Waals surface area contributed by atoms with Crippen LogP contribution in [-0.4, -0.2) is 29.6 Å². The van der Waals surface area contributed by atoms with Crippen LogP contribution in [0, 0.1) is 5.82 Å². The number of carbonyl (C=O) groups is 1. The lowest BCUT2D eigenvalue weighted by Crippen LogP contribution is -2.35. The number of likely N-dealkylation sites (tertiary alicyclic amines) is 1. The van der Waals surface area contributed by atoms with Crippen LogP contribution in [0.15, 0.2) is 59.1 Å². The highest BCUT2D eigenvalue weighted by molar-refractivity contribution is 5.94. The Morgan fingerprint density at radius 3 is 2.69 bits per heavy atom. The van der Waals surface area contributed by atoms with Crippen molar-refractivity contribution in [3.05, 3.63) is 71.7 Å². The van der Waals surface area contributed by atoms with Crippen molar-refractivity contribution in [3.63, 3.8) is 0 Å². The van der Waals surface area contributed by atoms with E-state index in [1.54, 1.807) is 24.1 Å². The maximum Gasteiger partial charge on any atom is 0.257 e. The minimum absolute atomic E-state index is 0.0919. The van der Waals surface area contributed by atoms with E-state index in [0.717, 1.165) is 37.0 Å². The van der Waals surface area contributed by atoms with Gasteiger partial charge in [-0.2, -0.15) is 0 Å². The molecule has 3 aromatic rings. The number of hydrogen-bond acceptors (Lipinski definition) is 4. The van der Waals surface area contributed by atoms with Gasteiger partial charge >= 0.3 is 0 Å². The third kappa shape index (κ3) is 4.01. The smallest absolute Gasteiger partial charge is 0.257 e. The molecular formula is C23H23FN2O3. The van der Waals surface area contributed by atoms with Crippen LogP contribution in [0.1, 0.15) is 47.8 Å². The highest BCUT2D eigenvalue weighted by Crippen LogP contribution is 2.34. The van der Waals surface area contributed by atoms with Gasteiger partial charge in [-0.05, 0) is 49.2 Å². The van der Waals surface area contributed by atoms with E-state index < -0.39 is 5.82 Å². The summed E-state index contributed by atoms with van der Waals surface area (Å²) in [6.07, 6.45) is 3.65. The van der Waals surface area contributed by atoms with E-state index in [2.05, 4.69) is 5.16 Å². The molecule has 0 spiro atoms. The fourth-order valence-corrected chi connectivity index (χ4v) is 3.78. The van der Waals surface area contributed by atoms with Crippen molar-refractivity contribution >= 4 is 5.91 Å². The Hall–Kier alpha value is -3.15. The summed E-state index contributed by atoms with van der Waals surface area (Å²) >= 11 is 0. The molecule has 0 aliphatic carbocycles. The fraction of sp³-hybridized carbons (Fsp3) is 0.304. The van der Waals surface area contributed by atoms with E-state index in [9.17, 15) is 9.18 Å². The standard InChI is InChI=1S/C23H23FN2O3/c1-28-17-12-10-16(11-13-17)20-15-22(29-25-20)21-9-3-2-6-14-26(21)23(27)18-7-4-5-8-19(18)24/h4-5,7-8,10-13,15,21H,2-3,6,9,14H2,1H3. The molecule has 0 radical (unpaired) electrons. The molecule has 1 fully saturated rings. The predicted octanol–water partition coefficient (Wildman–Crippen LogP) is 5.25. The summed E-state index contributed by atoms with van der Waals surface area (Å²) in [5.74, 6) is 0.583. The molecule has 4 rings (SSSR count). The molecule has 1 aliphatic rings. The lowest BCUT2D eigenvalue weighted by atomic mass is 10.0. The quantitative estimate of drug-likeness (QED) is 0.607. The zero-order valence-corrected chi connectivity index (χ0v) is 16.3. The maximum absolute atomic E-state index is 14.2. The summed E-state index contributed by atoms with van der Waals surface area (Å²) in [6, 6.07) is 15.3. The van der Waals surface area contributed by atoms with Crippen molar-refractivity contribution in [3.8, 4) is 17.0 Å². The van der Waals surface area contributed by atoms with E-state index >= 15 is 0 Å². The van der Waals surface area contributed by atoms with Crippen LogP contribution in [0.4, 0.5) is 4.39 Å². The van der Waals surface area contributed by atoms with E-state index in [4.69, 9.17) is 9.26 Å². The van der Waals surface area contributed by atoms with Gasteiger partial charge in [-0.15, -0.1) is 0 Å². The van der Waals surface area contributed by atoms with E-state index in [0.29, 0.717) is 18.0 Å². The molecule has 5 nitrogen and oxygen atoms in total. The Kier molecular flexibility index (Phi) is 5.60. The Morgan fingerprint density at radius 1 is 1.14 bits per heavy atom. The van der Waals surface area contributed by atoms with Crippen molar-refractivity contribution in [2.75, 3.05) is 13.7 Å². The van der Waals surface area contributed by atoms with Crippen LogP contribution >= 0.6 is 0 Å². The molecule has 150 valence electrons. The van der Waals surface area contributed by atoms with Gasteiger partial charge in [0, 0.05) is 18.2 Å². The first-order valence-electron chi connectivity index (χ1n) is 9.84. The number of carbonyl (C=O) groups excluding carboxylic acids is 1. The molecular weight excluding hydrogens is 371 g/mol. The first-order valence-corrected chi connectivity index (χ1v) is 9.84. The largest absolute Gasteiger partial charge is 0.497 e. The van der Waals surface area contributed by atoms with Crippen LogP contribution < -0.4 is 4.74 Å². The molecule has 0 N–H and O–H groups in total. The van der Waals surface area contributed by atoms with Gasteiger partial charge in [-0.25, -0.2) is 4.39 Å². The molecule has 1 aliphatic heterocycles. The topological polar surface area (TPSA) is 55.6 Å². The van der Waals surface area contributed by atoms with Crippen LogP contribution in [0.5, 0.6) is 5.75 Å². The third-order valence-electron chi connectivity index (χ3n) is 5.36. The summed E-state index contributed by atoms with van der Waals surface area (Å²) in [6.45, 7) is 0.566. The second-order valence-corrected chi connectivity index (χ2v) is 7.19. The lowest BCUT2D eigenvalue weighted by molar-refractivity contribution is 0.0646. The van der Waals surface area contributed by atoms with E-state index in [1.807, 2.05) is 30.3 Å². The monoisotopic (exact) mass is 394 g/mol. The van der Waals surface area contributed by atoms with Crippen molar-refractivity contribution < 1.29 is 18.4 Å². The van der Waals surface area contributed by atoms with Crippen LogP contribution in [-0.2, 0) is 0 Å². The molecule has 0 bridgehead atoms. The lowest BCUT2D eigenvalue weighted by Gasteiger charge is -2.28. The molecule has 2 heterocycles. The number of aromatic nitrogens is 1. The van der Waals surface area contributed by atoms with Gasteiger partial charge in [0.2, 0.25) is 0 Å². The highest BCUT2D eigenvalue weighted by atomic mass is 19.1. The first kappa shape index (κ1) is 19.2. The molecule has 6 heteroatoms. The summed E-state index contributed by atoms with van der Waals surface area (Å²) in [5, 5.41) is 4.20. The van der Waals surface area contributed by atoms with Gasteiger partial charge in [0.05, 0.1) is 18.7 Å². The molecule has 2 aromatic carbocycles. The molecule has 1 aromatic heterocycles. The van der Waals surface area contributed by atoms with Gasteiger partial charge < -0.3 is 14.2 Å². The summed E-state index contributed by atoms with van der Waals surface area (Å²) < 4.78 is 25.1. The molecule has 1 unspecified atom stereocenters. The highest BCUT2D eigenvalue weighted by Gasteiger charge is 2.31. The van der Waals surface area contributed by atoms with Gasteiger partial charge in [-0.3, -0.25) is 4.79 Å². The van der Waals surface area contributed by atoms with E-state index in [-0.39, 0.29) is 17.5 Å². The fourth-order valence-electron chi connectivity index (χ4n) is 3.78. The van der Waals surface area contributed by atoms with Crippen molar-refractivity contribution in [2.24, 2.45) is 0 Å². The Labute approximate surface area is 169 Å². The molecule has 0 saturated carbocycles. The molecule has 1 saturated heterocycles. The minimum Gasteiger partial charge on any atom is -0.497 e. The second kappa shape index (κ2) is 8.47. The Bertz CT molecular complexity index is 984. The van der Waals surface area contributed by atoms with Crippen LogP contribution in [0.2, 0.25) is 0 Å². The zero-order chi connectivity index (χ0) is 20.2. The number of hydrogen-bond donors (Lipinski definition) is 0. The first-order chi connectivity index (χ1) is 14.2. The minimum atomic E-state index is -0.503. The number of amides is 1. The van der Waals surface area contributed by atoms with Crippen molar-refractivity contribution in [1.29, 1.82) is 0 Å². The predicted molar refractivity (Wildman–Crippen MR) is 107 cm³/mol. The third-order valence-corrected chi connectivity index (χ3v) is 5.36. The number of benzene rings is 2. The summed E-state index contributed by atoms with van der Waals surface area (Å²) in [7, 11) is 1.62. The normalized spacial score (nSPS) is 17.0. The Balaban J connectivity index is 1.63. The molecule has 1 amide bonds. The van der Waals surface area contributed by atoms with Crippen LogP contribution in [0.3, 0.4) is 0 Å². The number of nitrogens with zero attached hydrogens (tertiary/aromatic N) is 2. The number of rotatable bonds is 4. The van der Waals surface area contributed by atoms with Gasteiger partial charge in [0.1, 0.15) is 17.3 Å². The number of ether oxygens (including phenoxy) is 1. The number of methoxy groups -OCH3 is 1. The summed E-state index contributed by atoms with van der Waals surface area (Å²) in [4.78, 5) is 14.8. The average molecular weight is 394 g/mol.